The zero-order valence-corrected chi connectivity index (χ0v) is 14.1. The Morgan fingerprint density at radius 1 is 1.29 bits per heavy atom. The molecule has 1 aromatic rings. The Balaban J connectivity index is 1.54. The van der Waals surface area contributed by atoms with Crippen LogP contribution in [-0.4, -0.2) is 30.6 Å². The van der Waals surface area contributed by atoms with Gasteiger partial charge in [-0.15, -0.1) is 11.8 Å². The van der Waals surface area contributed by atoms with Crippen molar-refractivity contribution in [2.24, 2.45) is 10.8 Å². The summed E-state index contributed by atoms with van der Waals surface area (Å²) in [6.07, 6.45) is 2.85. The minimum atomic E-state index is -0.635. The van der Waals surface area contributed by atoms with Gasteiger partial charge in [0, 0.05) is 10.6 Å². The lowest BCUT2D eigenvalue weighted by atomic mass is 9.95. The fraction of sp³-hybridized carbons (Fsp3) is 0.471. The van der Waals surface area contributed by atoms with E-state index in [1.807, 2.05) is 12.1 Å². The van der Waals surface area contributed by atoms with Crippen LogP contribution in [0.25, 0.3) is 0 Å². The highest BCUT2D eigenvalue weighted by atomic mass is 32.2. The fourth-order valence-electron chi connectivity index (χ4n) is 4.21. The van der Waals surface area contributed by atoms with E-state index < -0.39 is 10.8 Å². The molecular weight excluding hydrogens is 328 g/mol. The molecule has 2 fully saturated rings. The molecule has 1 aromatic carbocycles. The van der Waals surface area contributed by atoms with Crippen molar-refractivity contribution in [3.8, 4) is 0 Å². The van der Waals surface area contributed by atoms with E-state index in [0.29, 0.717) is 36.4 Å². The molecule has 2 atom stereocenters. The van der Waals surface area contributed by atoms with E-state index in [0.717, 1.165) is 11.3 Å². The Hall–Kier alpha value is -2.02. The molecule has 0 bridgehead atoms. The summed E-state index contributed by atoms with van der Waals surface area (Å²) in [6.45, 7) is 0. The van der Waals surface area contributed by atoms with Gasteiger partial charge >= 0.3 is 5.97 Å². The summed E-state index contributed by atoms with van der Waals surface area (Å²) in [5.74, 6) is -0.0367. The number of esters is 1. The monoisotopic (exact) mass is 346 g/mol. The van der Waals surface area contributed by atoms with Crippen molar-refractivity contribution < 1.29 is 19.1 Å². The first kappa shape index (κ1) is 15.5. The van der Waals surface area contributed by atoms with E-state index in [-0.39, 0.29) is 17.8 Å². The van der Waals surface area contributed by atoms with Crippen molar-refractivity contribution in [1.29, 1.82) is 0 Å². The Morgan fingerprint density at radius 2 is 2.08 bits per heavy atom. The predicted molar refractivity (Wildman–Crippen MR) is 89.8 cm³/mol. The zero-order valence-electron chi connectivity index (χ0n) is 13.3. The summed E-state index contributed by atoms with van der Waals surface area (Å²) in [4.78, 5) is 37.4. The largest absolute Gasteiger partial charge is 0.469 e. The van der Waals surface area contributed by atoms with Gasteiger partial charge in [0.1, 0.15) is 0 Å². The average molecular weight is 346 g/mol. The molecule has 2 saturated carbocycles. The van der Waals surface area contributed by atoms with Crippen LogP contribution >= 0.6 is 11.8 Å². The number of anilines is 2. The lowest BCUT2D eigenvalue weighted by Crippen LogP contribution is -2.31. The molecule has 126 valence electrons. The van der Waals surface area contributed by atoms with Crippen LogP contribution in [0, 0.1) is 10.8 Å². The average Bonchev–Trinajstić information content (AvgIpc) is 3.11. The maximum Gasteiger partial charge on any atom is 0.312 e. The zero-order chi connectivity index (χ0) is 16.9. The number of nitrogens with one attached hydrogen (secondary N) is 2. The van der Waals surface area contributed by atoms with Crippen molar-refractivity contribution in [3.63, 3.8) is 0 Å². The molecule has 7 heteroatoms. The van der Waals surface area contributed by atoms with Crippen LogP contribution in [0.2, 0.25) is 0 Å². The van der Waals surface area contributed by atoms with Crippen LogP contribution in [0.4, 0.5) is 11.4 Å². The van der Waals surface area contributed by atoms with E-state index in [1.165, 1.54) is 18.9 Å². The van der Waals surface area contributed by atoms with E-state index in [9.17, 15) is 14.4 Å². The first-order valence-corrected chi connectivity index (χ1v) is 8.96. The van der Waals surface area contributed by atoms with Crippen LogP contribution in [0.15, 0.2) is 23.1 Å². The number of hydrogen-bond donors (Lipinski definition) is 2. The van der Waals surface area contributed by atoms with Gasteiger partial charge in [0.25, 0.3) is 0 Å². The van der Waals surface area contributed by atoms with E-state index in [1.54, 1.807) is 6.07 Å². The van der Waals surface area contributed by atoms with Crippen molar-refractivity contribution in [2.75, 3.05) is 23.5 Å². The third-order valence-corrected chi connectivity index (χ3v) is 6.56. The van der Waals surface area contributed by atoms with E-state index in [2.05, 4.69) is 10.6 Å². The molecule has 24 heavy (non-hydrogen) atoms. The number of benzene rings is 1. The highest BCUT2D eigenvalue weighted by molar-refractivity contribution is 8.00. The van der Waals surface area contributed by atoms with Gasteiger partial charge < -0.3 is 15.4 Å². The summed E-state index contributed by atoms with van der Waals surface area (Å²) < 4.78 is 4.92. The quantitative estimate of drug-likeness (QED) is 0.821. The summed E-state index contributed by atoms with van der Waals surface area (Å²) >= 11 is 1.48. The fourth-order valence-corrected chi connectivity index (χ4v) is 4.99. The number of amides is 2. The minimum absolute atomic E-state index is 0.0442. The van der Waals surface area contributed by atoms with Gasteiger partial charge in [0.05, 0.1) is 29.4 Å². The molecule has 1 heterocycles. The number of carbonyl (C=O) groups is 3. The Bertz CT molecular complexity index is 765. The van der Waals surface area contributed by atoms with Crippen molar-refractivity contribution >= 4 is 40.9 Å². The van der Waals surface area contributed by atoms with Gasteiger partial charge in [0.15, 0.2) is 0 Å². The molecule has 0 radical (unpaired) electrons. The highest BCUT2D eigenvalue weighted by Crippen LogP contribution is 2.74. The Morgan fingerprint density at radius 3 is 2.88 bits per heavy atom. The van der Waals surface area contributed by atoms with Crippen LogP contribution in [0.3, 0.4) is 0 Å². The number of hydrogen-bond acceptors (Lipinski definition) is 5. The normalized spacial score (nSPS) is 30.0. The lowest BCUT2D eigenvalue weighted by Gasteiger charge is -2.19. The molecule has 2 amide bonds. The number of ether oxygens (including phenoxy) is 1. The number of methoxy groups -OCH3 is 1. The first-order valence-electron chi connectivity index (χ1n) is 7.97. The molecule has 3 aliphatic rings. The maximum atomic E-state index is 12.8. The standard InChI is InChI=1S/C17H18N2O4S/c1-23-15(22)17-6-2-5-16(17,9-17)14(21)18-10-3-4-12-11(7-10)19-13(20)8-24-12/h3-4,7H,2,5-6,8-9H2,1H3,(H,18,21)(H,19,20). The summed E-state index contributed by atoms with van der Waals surface area (Å²) in [5, 5.41) is 5.74. The van der Waals surface area contributed by atoms with Crippen molar-refractivity contribution in [3.05, 3.63) is 18.2 Å². The molecule has 2 N–H and O–H groups in total. The topological polar surface area (TPSA) is 84.5 Å². The van der Waals surface area contributed by atoms with Crippen molar-refractivity contribution in [2.45, 2.75) is 30.6 Å². The smallest absolute Gasteiger partial charge is 0.312 e. The number of rotatable bonds is 3. The molecular formula is C17H18N2O4S. The Labute approximate surface area is 143 Å². The molecule has 6 nitrogen and oxygen atoms in total. The van der Waals surface area contributed by atoms with Gasteiger partial charge in [-0.3, -0.25) is 14.4 Å². The van der Waals surface area contributed by atoms with Crippen LogP contribution in [0.1, 0.15) is 25.7 Å². The van der Waals surface area contributed by atoms with Crippen LogP contribution < -0.4 is 10.6 Å². The van der Waals surface area contributed by atoms with Gasteiger partial charge in [-0.2, -0.15) is 0 Å². The number of thioether (sulfide) groups is 1. The first-order chi connectivity index (χ1) is 11.5. The summed E-state index contributed by atoms with van der Waals surface area (Å²) in [6, 6.07) is 5.49. The van der Waals surface area contributed by atoms with Crippen LogP contribution in [0.5, 0.6) is 0 Å². The summed E-state index contributed by atoms with van der Waals surface area (Å²) in [7, 11) is 1.38. The second-order valence-electron chi connectivity index (χ2n) is 6.69. The van der Waals surface area contributed by atoms with Gasteiger partial charge in [-0.25, -0.2) is 0 Å². The minimum Gasteiger partial charge on any atom is -0.469 e. The van der Waals surface area contributed by atoms with Gasteiger partial charge in [-0.1, -0.05) is 6.42 Å². The Kier molecular flexibility index (Phi) is 3.38. The molecule has 0 aromatic heterocycles. The molecule has 2 aliphatic carbocycles. The van der Waals surface area contributed by atoms with Crippen LogP contribution in [-0.2, 0) is 19.1 Å². The summed E-state index contributed by atoms with van der Waals surface area (Å²) in [5.41, 5.74) is 0.0828. The second kappa shape index (κ2) is 5.24. The number of carbonyl (C=O) groups excluding carboxylic acids is 3. The lowest BCUT2D eigenvalue weighted by molar-refractivity contribution is -0.149. The SMILES string of the molecule is COC(=O)C12CCCC1(C(=O)Nc1ccc3c(c1)NC(=O)CS3)C2. The molecule has 2 unspecified atom stereocenters. The second-order valence-corrected chi connectivity index (χ2v) is 7.71. The van der Waals surface area contributed by atoms with Crippen molar-refractivity contribution in [1.82, 2.24) is 0 Å². The van der Waals surface area contributed by atoms with E-state index >= 15 is 0 Å². The number of fused-ring (bicyclic) bond motifs is 2. The third-order valence-electron chi connectivity index (χ3n) is 5.48. The highest BCUT2D eigenvalue weighted by Gasteiger charge is 2.78. The maximum absolute atomic E-state index is 12.8. The van der Waals surface area contributed by atoms with Gasteiger partial charge in [0.2, 0.25) is 11.8 Å². The molecule has 0 spiro atoms. The third kappa shape index (κ3) is 2.07. The molecule has 1 aliphatic heterocycles. The predicted octanol–water partition coefficient (Wildman–Crippen LogP) is 2.40. The molecule has 0 saturated heterocycles. The van der Waals surface area contributed by atoms with E-state index in [4.69, 9.17) is 4.74 Å². The molecule has 4 rings (SSSR count). The van der Waals surface area contributed by atoms with Gasteiger partial charge in [-0.05, 0) is 37.5 Å².